The summed E-state index contributed by atoms with van der Waals surface area (Å²) >= 11 is 4.75. The molecular weight excluding hydrogens is 214 g/mol. The van der Waals surface area contributed by atoms with Gasteiger partial charge in [-0.05, 0) is 13.8 Å². The van der Waals surface area contributed by atoms with Crippen LogP contribution in [0, 0.1) is 6.92 Å². The number of thiocarbonyl (C=S) groups is 1. The van der Waals surface area contributed by atoms with E-state index in [1.165, 1.54) is 4.90 Å². The number of rotatable bonds is 4. The van der Waals surface area contributed by atoms with Crippen molar-refractivity contribution < 1.29 is 9.32 Å². The molecule has 0 fully saturated rings. The molecular formula is C9H13N3O2S. The molecule has 1 amide bonds. The van der Waals surface area contributed by atoms with Crippen LogP contribution in [0.15, 0.2) is 10.6 Å². The minimum Gasteiger partial charge on any atom is -0.392 e. The Hall–Kier alpha value is -1.43. The number of hydrogen-bond acceptors (Lipinski definition) is 4. The van der Waals surface area contributed by atoms with E-state index in [2.05, 4.69) is 5.16 Å². The second kappa shape index (κ2) is 4.88. The molecule has 0 bridgehead atoms. The molecule has 5 nitrogen and oxygen atoms in total. The maximum atomic E-state index is 11.8. The SMILES string of the molecule is CCN(CC(N)=S)C(=O)c1cc(C)on1. The standard InChI is InChI=1S/C9H13N3O2S/c1-3-12(5-8(10)15)9(13)7-4-6(2)14-11-7/h4H,3,5H2,1-2H3,(H2,10,15). The van der Waals surface area contributed by atoms with Gasteiger partial charge in [0, 0.05) is 12.6 Å². The summed E-state index contributed by atoms with van der Waals surface area (Å²) in [7, 11) is 0. The molecule has 0 spiro atoms. The van der Waals surface area contributed by atoms with E-state index < -0.39 is 0 Å². The van der Waals surface area contributed by atoms with E-state index in [1.807, 2.05) is 6.92 Å². The zero-order valence-electron chi connectivity index (χ0n) is 8.69. The number of nitrogens with zero attached hydrogens (tertiary/aromatic N) is 2. The number of nitrogens with two attached hydrogens (primary N) is 1. The number of carbonyl (C=O) groups is 1. The zero-order valence-corrected chi connectivity index (χ0v) is 9.50. The highest BCUT2D eigenvalue weighted by atomic mass is 32.1. The normalized spacial score (nSPS) is 10.0. The number of amides is 1. The average Bonchev–Trinajstić information content (AvgIpc) is 2.60. The van der Waals surface area contributed by atoms with E-state index >= 15 is 0 Å². The van der Waals surface area contributed by atoms with E-state index in [4.69, 9.17) is 22.5 Å². The summed E-state index contributed by atoms with van der Waals surface area (Å²) in [5.74, 6) is 0.381. The third kappa shape index (κ3) is 3.02. The molecule has 82 valence electrons. The first kappa shape index (κ1) is 11.6. The monoisotopic (exact) mass is 227 g/mol. The number of carbonyl (C=O) groups excluding carboxylic acids is 1. The van der Waals surface area contributed by atoms with Crippen molar-refractivity contribution >= 4 is 23.1 Å². The van der Waals surface area contributed by atoms with E-state index in [9.17, 15) is 4.79 Å². The van der Waals surface area contributed by atoms with Crippen LogP contribution in [0.25, 0.3) is 0 Å². The molecule has 0 aliphatic rings. The van der Waals surface area contributed by atoms with E-state index in [0.717, 1.165) is 0 Å². The molecule has 0 aliphatic heterocycles. The van der Waals surface area contributed by atoms with Crippen LogP contribution in [0.3, 0.4) is 0 Å². The Labute approximate surface area is 93.2 Å². The van der Waals surface area contributed by atoms with Crippen molar-refractivity contribution in [3.63, 3.8) is 0 Å². The first-order valence-electron chi connectivity index (χ1n) is 4.55. The quantitative estimate of drug-likeness (QED) is 0.768. The van der Waals surface area contributed by atoms with Crippen molar-refractivity contribution in [2.24, 2.45) is 5.73 Å². The van der Waals surface area contributed by atoms with Crippen LogP contribution in [0.1, 0.15) is 23.2 Å². The van der Waals surface area contributed by atoms with Crippen molar-refractivity contribution in [2.45, 2.75) is 13.8 Å². The predicted octanol–water partition coefficient (Wildman–Crippen LogP) is 0.731. The molecule has 0 saturated carbocycles. The fraction of sp³-hybridized carbons (Fsp3) is 0.444. The van der Waals surface area contributed by atoms with Crippen LogP contribution < -0.4 is 5.73 Å². The molecule has 1 heterocycles. The third-order valence-corrected chi connectivity index (χ3v) is 1.99. The number of hydrogen-bond donors (Lipinski definition) is 1. The van der Waals surface area contributed by atoms with Crippen molar-refractivity contribution in [3.05, 3.63) is 17.5 Å². The molecule has 1 aromatic rings. The van der Waals surface area contributed by atoms with E-state index in [0.29, 0.717) is 12.3 Å². The first-order valence-corrected chi connectivity index (χ1v) is 4.96. The molecule has 1 aromatic heterocycles. The highest BCUT2D eigenvalue weighted by Crippen LogP contribution is 2.05. The third-order valence-electron chi connectivity index (χ3n) is 1.86. The smallest absolute Gasteiger partial charge is 0.276 e. The van der Waals surface area contributed by atoms with Gasteiger partial charge < -0.3 is 15.2 Å². The van der Waals surface area contributed by atoms with Crippen LogP contribution in [-0.2, 0) is 0 Å². The van der Waals surface area contributed by atoms with Crippen LogP contribution >= 0.6 is 12.2 Å². The van der Waals surface area contributed by atoms with Gasteiger partial charge in [0.15, 0.2) is 5.69 Å². The minimum absolute atomic E-state index is 0.220. The lowest BCUT2D eigenvalue weighted by molar-refractivity contribution is 0.0777. The van der Waals surface area contributed by atoms with Gasteiger partial charge in [0.1, 0.15) is 5.76 Å². The largest absolute Gasteiger partial charge is 0.392 e. The highest BCUT2D eigenvalue weighted by Gasteiger charge is 2.18. The van der Waals surface area contributed by atoms with Crippen molar-refractivity contribution in [1.82, 2.24) is 10.1 Å². The van der Waals surface area contributed by atoms with E-state index in [1.54, 1.807) is 13.0 Å². The summed E-state index contributed by atoms with van der Waals surface area (Å²) in [6.45, 7) is 4.37. The maximum absolute atomic E-state index is 11.8. The zero-order chi connectivity index (χ0) is 11.4. The Bertz CT molecular complexity index is 375. The molecule has 2 N–H and O–H groups in total. The lowest BCUT2D eigenvalue weighted by Gasteiger charge is -2.18. The Morgan fingerprint density at radius 3 is 2.80 bits per heavy atom. The number of aromatic nitrogens is 1. The van der Waals surface area contributed by atoms with Gasteiger partial charge in [-0.15, -0.1) is 0 Å². The summed E-state index contributed by atoms with van der Waals surface area (Å²) in [5, 5.41) is 3.64. The lowest BCUT2D eigenvalue weighted by Crippen LogP contribution is -2.37. The van der Waals surface area contributed by atoms with Crippen LogP contribution in [0.5, 0.6) is 0 Å². The summed E-state index contributed by atoms with van der Waals surface area (Å²) in [4.78, 5) is 13.6. The Kier molecular flexibility index (Phi) is 3.79. The van der Waals surface area contributed by atoms with Gasteiger partial charge in [0.2, 0.25) is 0 Å². The summed E-state index contributed by atoms with van der Waals surface area (Å²) < 4.78 is 4.82. The van der Waals surface area contributed by atoms with Gasteiger partial charge in [0.25, 0.3) is 5.91 Å². The van der Waals surface area contributed by atoms with Crippen molar-refractivity contribution in [1.29, 1.82) is 0 Å². The molecule has 1 rings (SSSR count). The lowest BCUT2D eigenvalue weighted by atomic mass is 10.3. The second-order valence-electron chi connectivity index (χ2n) is 3.11. The predicted molar refractivity (Wildman–Crippen MR) is 59.6 cm³/mol. The molecule has 6 heteroatoms. The summed E-state index contributed by atoms with van der Waals surface area (Å²) in [6.07, 6.45) is 0. The second-order valence-corrected chi connectivity index (χ2v) is 3.63. The maximum Gasteiger partial charge on any atom is 0.276 e. The van der Waals surface area contributed by atoms with Crippen LogP contribution in [0.4, 0.5) is 0 Å². The molecule has 0 atom stereocenters. The highest BCUT2D eigenvalue weighted by molar-refractivity contribution is 7.80. The molecule has 0 unspecified atom stereocenters. The van der Waals surface area contributed by atoms with Gasteiger partial charge in [-0.1, -0.05) is 17.4 Å². The Morgan fingerprint density at radius 1 is 1.73 bits per heavy atom. The minimum atomic E-state index is -0.220. The average molecular weight is 227 g/mol. The Balaban J connectivity index is 2.77. The van der Waals surface area contributed by atoms with Gasteiger partial charge in [-0.2, -0.15) is 0 Å². The van der Waals surface area contributed by atoms with E-state index in [-0.39, 0.29) is 23.1 Å². The van der Waals surface area contributed by atoms with Crippen LogP contribution in [-0.4, -0.2) is 34.0 Å². The fourth-order valence-electron chi connectivity index (χ4n) is 1.14. The molecule has 0 aliphatic carbocycles. The number of aryl methyl sites for hydroxylation is 1. The van der Waals surface area contributed by atoms with Crippen LogP contribution in [0.2, 0.25) is 0 Å². The molecule has 15 heavy (non-hydrogen) atoms. The molecule has 0 saturated heterocycles. The van der Waals surface area contributed by atoms with Gasteiger partial charge in [-0.3, -0.25) is 4.79 Å². The molecule has 0 radical (unpaired) electrons. The van der Waals surface area contributed by atoms with Gasteiger partial charge in [-0.25, -0.2) is 0 Å². The van der Waals surface area contributed by atoms with Gasteiger partial charge in [0.05, 0.1) is 11.5 Å². The first-order chi connectivity index (χ1) is 7.04. The van der Waals surface area contributed by atoms with Crippen molar-refractivity contribution in [3.8, 4) is 0 Å². The topological polar surface area (TPSA) is 72.4 Å². The summed E-state index contributed by atoms with van der Waals surface area (Å²) in [5.41, 5.74) is 5.67. The fourth-order valence-corrected chi connectivity index (χ4v) is 1.30. The Morgan fingerprint density at radius 2 is 2.40 bits per heavy atom. The number of likely N-dealkylation sites (N-methyl/N-ethyl adjacent to an activating group) is 1. The summed E-state index contributed by atoms with van der Waals surface area (Å²) in [6, 6.07) is 1.59. The molecule has 0 aromatic carbocycles. The van der Waals surface area contributed by atoms with Gasteiger partial charge >= 0.3 is 0 Å². The van der Waals surface area contributed by atoms with Crippen molar-refractivity contribution in [2.75, 3.05) is 13.1 Å².